The van der Waals surface area contributed by atoms with Crippen LogP contribution in [0.25, 0.3) is 0 Å². The average molecular weight is 252 g/mol. The first-order chi connectivity index (χ1) is 8.69. The largest absolute Gasteiger partial charge is 0.395 e. The molecule has 100 valence electrons. The van der Waals surface area contributed by atoms with Crippen LogP contribution in [0.15, 0.2) is 18.2 Å². The molecule has 1 aromatic rings. The molecule has 1 aliphatic carbocycles. The number of hydrogen-bond acceptors (Lipinski definition) is 3. The first-order valence-electron chi connectivity index (χ1n) is 6.52. The fraction of sp³-hybridized carbons (Fsp3) is 0.571. The van der Waals surface area contributed by atoms with Gasteiger partial charge in [-0.25, -0.2) is 4.39 Å². The van der Waals surface area contributed by atoms with Crippen LogP contribution in [0, 0.1) is 5.82 Å². The number of aliphatic hydroxyl groups is 1. The van der Waals surface area contributed by atoms with Crippen molar-refractivity contribution < 1.29 is 9.50 Å². The molecule has 0 radical (unpaired) electrons. The molecule has 1 unspecified atom stereocenters. The van der Waals surface area contributed by atoms with E-state index in [1.54, 1.807) is 6.07 Å². The van der Waals surface area contributed by atoms with Crippen molar-refractivity contribution in [1.82, 2.24) is 5.32 Å². The molecule has 4 heteroatoms. The molecule has 0 spiro atoms. The van der Waals surface area contributed by atoms with Gasteiger partial charge in [-0.3, -0.25) is 0 Å². The highest BCUT2D eigenvalue weighted by molar-refractivity contribution is 5.57. The summed E-state index contributed by atoms with van der Waals surface area (Å²) in [6, 6.07) is 5.67. The molecule has 0 heterocycles. The van der Waals surface area contributed by atoms with E-state index in [-0.39, 0.29) is 18.5 Å². The molecule has 1 aliphatic rings. The molecular formula is C14H21FN2O. The zero-order valence-electron chi connectivity index (χ0n) is 11.0. The van der Waals surface area contributed by atoms with Crippen LogP contribution in [-0.2, 0) is 0 Å². The van der Waals surface area contributed by atoms with Crippen molar-refractivity contribution in [3.63, 3.8) is 0 Å². The fourth-order valence-corrected chi connectivity index (χ4v) is 2.31. The van der Waals surface area contributed by atoms with E-state index < -0.39 is 0 Å². The summed E-state index contributed by atoms with van der Waals surface area (Å²) in [5.41, 5.74) is 1.61. The highest BCUT2D eigenvalue weighted by atomic mass is 19.1. The van der Waals surface area contributed by atoms with Gasteiger partial charge in [0.15, 0.2) is 0 Å². The second kappa shape index (κ2) is 5.67. The van der Waals surface area contributed by atoms with Gasteiger partial charge in [-0.1, -0.05) is 12.1 Å². The van der Waals surface area contributed by atoms with E-state index in [0.29, 0.717) is 18.3 Å². The molecule has 1 fully saturated rings. The molecule has 0 aliphatic heterocycles. The van der Waals surface area contributed by atoms with Gasteiger partial charge in [0.2, 0.25) is 0 Å². The lowest BCUT2D eigenvalue weighted by molar-refractivity contribution is 0.300. The minimum atomic E-state index is -0.199. The van der Waals surface area contributed by atoms with E-state index in [9.17, 15) is 9.50 Å². The molecule has 18 heavy (non-hydrogen) atoms. The molecular weight excluding hydrogens is 231 g/mol. The number of benzene rings is 1. The highest BCUT2D eigenvalue weighted by Gasteiger charge is 2.32. The molecule has 0 bridgehead atoms. The van der Waals surface area contributed by atoms with Crippen molar-refractivity contribution in [2.45, 2.75) is 31.8 Å². The Morgan fingerprint density at radius 1 is 1.50 bits per heavy atom. The minimum absolute atomic E-state index is 0.0538. The van der Waals surface area contributed by atoms with Crippen LogP contribution in [0.3, 0.4) is 0 Å². The molecule has 3 nitrogen and oxygen atoms in total. The van der Waals surface area contributed by atoms with Gasteiger partial charge in [0.1, 0.15) is 5.82 Å². The average Bonchev–Trinajstić information content (AvgIpc) is 3.19. The SMILES string of the molecule is CNC(C)c1cccc(F)c1N(CCO)C1CC1. The zero-order chi connectivity index (χ0) is 13.1. The Kier molecular flexibility index (Phi) is 4.19. The van der Waals surface area contributed by atoms with Crippen molar-refractivity contribution >= 4 is 5.69 Å². The quantitative estimate of drug-likeness (QED) is 0.813. The van der Waals surface area contributed by atoms with Gasteiger partial charge in [-0.15, -0.1) is 0 Å². The molecule has 0 saturated heterocycles. The van der Waals surface area contributed by atoms with Crippen LogP contribution >= 0.6 is 0 Å². The number of rotatable bonds is 6. The van der Waals surface area contributed by atoms with E-state index in [0.717, 1.165) is 18.4 Å². The topological polar surface area (TPSA) is 35.5 Å². The molecule has 2 N–H and O–H groups in total. The first-order valence-corrected chi connectivity index (χ1v) is 6.52. The number of para-hydroxylation sites is 1. The maximum atomic E-state index is 14.2. The van der Waals surface area contributed by atoms with E-state index in [1.165, 1.54) is 6.07 Å². The third-order valence-electron chi connectivity index (χ3n) is 3.53. The molecule has 0 aromatic heterocycles. The summed E-state index contributed by atoms with van der Waals surface area (Å²) in [5.74, 6) is -0.199. The lowest BCUT2D eigenvalue weighted by Gasteiger charge is -2.28. The smallest absolute Gasteiger partial charge is 0.146 e. The molecule has 1 aromatic carbocycles. The Balaban J connectivity index is 2.39. The van der Waals surface area contributed by atoms with Crippen molar-refractivity contribution in [1.29, 1.82) is 0 Å². The van der Waals surface area contributed by atoms with Gasteiger partial charge < -0.3 is 15.3 Å². The van der Waals surface area contributed by atoms with Gasteiger partial charge in [0.25, 0.3) is 0 Å². The number of halogens is 1. The zero-order valence-corrected chi connectivity index (χ0v) is 11.0. The van der Waals surface area contributed by atoms with Crippen molar-refractivity contribution in [3.8, 4) is 0 Å². The third-order valence-corrected chi connectivity index (χ3v) is 3.53. The fourth-order valence-electron chi connectivity index (χ4n) is 2.31. The Morgan fingerprint density at radius 3 is 2.78 bits per heavy atom. The second-order valence-electron chi connectivity index (χ2n) is 4.84. The molecule has 1 atom stereocenters. The standard InChI is InChI=1S/C14H21FN2O/c1-10(16-2)12-4-3-5-13(15)14(12)17(8-9-18)11-6-7-11/h3-5,10-11,16,18H,6-9H2,1-2H3. The monoisotopic (exact) mass is 252 g/mol. The summed E-state index contributed by atoms with van der Waals surface area (Å²) in [7, 11) is 1.87. The summed E-state index contributed by atoms with van der Waals surface area (Å²) in [5, 5.41) is 12.3. The normalized spacial score (nSPS) is 16.7. The van der Waals surface area contributed by atoms with Crippen molar-refractivity contribution in [2.75, 3.05) is 25.1 Å². The van der Waals surface area contributed by atoms with Crippen molar-refractivity contribution in [3.05, 3.63) is 29.6 Å². The van der Waals surface area contributed by atoms with Crippen LogP contribution in [-0.4, -0.2) is 31.3 Å². The number of aliphatic hydroxyl groups excluding tert-OH is 1. The van der Waals surface area contributed by atoms with E-state index >= 15 is 0 Å². The maximum absolute atomic E-state index is 14.2. The van der Waals surface area contributed by atoms with Crippen molar-refractivity contribution in [2.24, 2.45) is 0 Å². The minimum Gasteiger partial charge on any atom is -0.395 e. The lowest BCUT2D eigenvalue weighted by Crippen LogP contribution is -2.31. The lowest BCUT2D eigenvalue weighted by atomic mass is 10.0. The van der Waals surface area contributed by atoms with Gasteiger partial charge in [-0.2, -0.15) is 0 Å². The van der Waals surface area contributed by atoms with Gasteiger partial charge in [0.05, 0.1) is 12.3 Å². The van der Waals surface area contributed by atoms with Crippen LogP contribution in [0.5, 0.6) is 0 Å². The summed E-state index contributed by atoms with van der Waals surface area (Å²) in [6.45, 7) is 2.57. The summed E-state index contributed by atoms with van der Waals surface area (Å²) in [6.07, 6.45) is 2.17. The van der Waals surface area contributed by atoms with E-state index in [4.69, 9.17) is 0 Å². The Labute approximate surface area is 108 Å². The number of nitrogens with zero attached hydrogens (tertiary/aromatic N) is 1. The van der Waals surface area contributed by atoms with E-state index in [1.807, 2.05) is 24.9 Å². The summed E-state index contributed by atoms with van der Waals surface area (Å²) in [4.78, 5) is 2.01. The predicted octanol–water partition coefficient (Wildman–Crippen LogP) is 2.07. The second-order valence-corrected chi connectivity index (χ2v) is 4.84. The first kappa shape index (κ1) is 13.3. The van der Waals surface area contributed by atoms with Crippen LogP contribution < -0.4 is 10.2 Å². The van der Waals surface area contributed by atoms with Gasteiger partial charge in [-0.05, 0) is 38.4 Å². The van der Waals surface area contributed by atoms with Gasteiger partial charge in [0, 0.05) is 18.6 Å². The van der Waals surface area contributed by atoms with Crippen LogP contribution in [0.1, 0.15) is 31.4 Å². The predicted molar refractivity (Wildman–Crippen MR) is 71.3 cm³/mol. The van der Waals surface area contributed by atoms with E-state index in [2.05, 4.69) is 5.32 Å². The summed E-state index contributed by atoms with van der Waals surface area (Å²) >= 11 is 0. The molecule has 1 saturated carbocycles. The highest BCUT2D eigenvalue weighted by Crippen LogP contribution is 2.37. The Morgan fingerprint density at radius 2 is 2.22 bits per heavy atom. The molecule has 2 rings (SSSR count). The Bertz CT molecular complexity index is 407. The van der Waals surface area contributed by atoms with Gasteiger partial charge >= 0.3 is 0 Å². The maximum Gasteiger partial charge on any atom is 0.146 e. The number of anilines is 1. The molecule has 0 amide bonds. The third kappa shape index (κ3) is 2.65. The summed E-state index contributed by atoms with van der Waals surface area (Å²) < 4.78 is 14.2. The van der Waals surface area contributed by atoms with Crippen LogP contribution in [0.4, 0.5) is 10.1 Å². The Hall–Kier alpha value is -1.13. The number of nitrogens with one attached hydrogen (secondary N) is 1. The number of hydrogen-bond donors (Lipinski definition) is 2. The van der Waals surface area contributed by atoms with Crippen LogP contribution in [0.2, 0.25) is 0 Å².